The molecule has 1 aliphatic heterocycles. The third-order valence-electron chi connectivity index (χ3n) is 2.78. The van der Waals surface area contributed by atoms with E-state index in [2.05, 4.69) is 0 Å². The molecule has 0 radical (unpaired) electrons. The minimum atomic E-state index is -0.455. The maximum absolute atomic E-state index is 12.0. The van der Waals surface area contributed by atoms with Crippen LogP contribution in [-0.4, -0.2) is 25.1 Å². The van der Waals surface area contributed by atoms with Gasteiger partial charge in [-0.1, -0.05) is 0 Å². The Morgan fingerprint density at radius 1 is 1.47 bits per heavy atom. The van der Waals surface area contributed by atoms with Crippen LogP contribution >= 0.6 is 0 Å². The maximum Gasteiger partial charge on any atom is 0.267 e. The van der Waals surface area contributed by atoms with Gasteiger partial charge in [0.2, 0.25) is 0 Å². The Bertz CT molecular complexity index is 434. The quantitative estimate of drug-likeness (QED) is 0.757. The highest BCUT2D eigenvalue weighted by atomic mass is 16.5. The topological polar surface area (TPSA) is 81.6 Å². The number of anilines is 2. The molecule has 4 N–H and O–H groups in total. The second kappa shape index (κ2) is 4.63. The maximum atomic E-state index is 12.0. The zero-order chi connectivity index (χ0) is 12.4. The van der Waals surface area contributed by atoms with E-state index in [0.717, 1.165) is 12.1 Å². The first-order chi connectivity index (χ1) is 8.13. The molecular weight excluding hydrogens is 218 g/mol. The highest BCUT2D eigenvalue weighted by Gasteiger charge is 2.30. The normalized spacial score (nSPS) is 18.8. The summed E-state index contributed by atoms with van der Waals surface area (Å²) in [4.78, 5) is 13.7. The van der Waals surface area contributed by atoms with Gasteiger partial charge in [-0.2, -0.15) is 0 Å². The second-order valence-corrected chi connectivity index (χ2v) is 4.12. The van der Waals surface area contributed by atoms with Crippen LogP contribution in [0.5, 0.6) is 5.75 Å². The van der Waals surface area contributed by atoms with Gasteiger partial charge >= 0.3 is 0 Å². The smallest absolute Gasteiger partial charge is 0.267 e. The molecule has 1 atom stereocenters. The molecule has 1 amide bonds. The third-order valence-corrected chi connectivity index (χ3v) is 2.78. The molecule has 0 aliphatic carbocycles. The van der Waals surface area contributed by atoms with Crippen molar-refractivity contribution >= 4 is 17.3 Å². The Hall–Kier alpha value is -1.75. The van der Waals surface area contributed by atoms with Crippen molar-refractivity contribution in [3.05, 3.63) is 18.2 Å². The molecule has 0 saturated carbocycles. The fourth-order valence-corrected chi connectivity index (χ4v) is 1.90. The van der Waals surface area contributed by atoms with Crippen molar-refractivity contribution in [3.63, 3.8) is 0 Å². The van der Waals surface area contributed by atoms with Crippen molar-refractivity contribution in [1.29, 1.82) is 0 Å². The lowest BCUT2D eigenvalue weighted by Crippen LogP contribution is -2.45. The van der Waals surface area contributed by atoms with Gasteiger partial charge in [0.1, 0.15) is 5.75 Å². The predicted octanol–water partition coefficient (Wildman–Crippen LogP) is 0.731. The Morgan fingerprint density at radius 3 is 2.94 bits per heavy atom. The van der Waals surface area contributed by atoms with Crippen LogP contribution in [0.3, 0.4) is 0 Å². The van der Waals surface area contributed by atoms with E-state index in [1.807, 2.05) is 0 Å². The van der Waals surface area contributed by atoms with Crippen molar-refractivity contribution in [2.24, 2.45) is 5.73 Å². The highest BCUT2D eigenvalue weighted by Crippen LogP contribution is 2.35. The van der Waals surface area contributed by atoms with Crippen LogP contribution in [0.15, 0.2) is 18.2 Å². The summed E-state index contributed by atoms with van der Waals surface area (Å²) >= 11 is 0. The van der Waals surface area contributed by atoms with Gasteiger partial charge in [0.15, 0.2) is 6.10 Å². The minimum absolute atomic E-state index is 0.0449. The van der Waals surface area contributed by atoms with Gasteiger partial charge in [-0.15, -0.1) is 0 Å². The molecule has 1 unspecified atom stereocenters. The number of nitrogens with two attached hydrogens (primary N) is 2. The highest BCUT2D eigenvalue weighted by molar-refractivity contribution is 6.00. The molecule has 0 fully saturated rings. The number of fused-ring (bicyclic) bond motifs is 1. The van der Waals surface area contributed by atoms with Crippen molar-refractivity contribution in [2.45, 2.75) is 19.4 Å². The van der Waals surface area contributed by atoms with Gasteiger partial charge in [-0.3, -0.25) is 4.79 Å². The molecule has 5 heteroatoms. The first-order valence-electron chi connectivity index (χ1n) is 5.71. The van der Waals surface area contributed by atoms with Gasteiger partial charge in [0, 0.05) is 12.2 Å². The minimum Gasteiger partial charge on any atom is -0.479 e. The number of nitrogens with zero attached hydrogens (tertiary/aromatic N) is 1. The SMILES string of the molecule is CC1Oc2ccc(N)cc2N(CCCN)C1=O. The number of amides is 1. The fraction of sp³-hybridized carbons (Fsp3) is 0.417. The molecule has 1 heterocycles. The number of carbonyl (C=O) groups is 1. The van der Waals surface area contributed by atoms with Crippen molar-refractivity contribution in [2.75, 3.05) is 23.7 Å². The van der Waals surface area contributed by atoms with Gasteiger partial charge in [-0.25, -0.2) is 0 Å². The zero-order valence-electron chi connectivity index (χ0n) is 9.85. The lowest BCUT2D eigenvalue weighted by molar-refractivity contribution is -0.125. The summed E-state index contributed by atoms with van der Waals surface area (Å²) in [5.41, 5.74) is 12.6. The molecule has 1 aliphatic rings. The number of rotatable bonds is 3. The molecule has 92 valence electrons. The van der Waals surface area contributed by atoms with E-state index in [1.165, 1.54) is 0 Å². The summed E-state index contributed by atoms with van der Waals surface area (Å²) in [5.74, 6) is 0.653. The van der Waals surface area contributed by atoms with Crippen molar-refractivity contribution in [3.8, 4) is 5.75 Å². The number of hydrogen-bond acceptors (Lipinski definition) is 4. The average molecular weight is 235 g/mol. The average Bonchev–Trinajstić information content (AvgIpc) is 2.31. The Kier molecular flexibility index (Phi) is 3.19. The summed E-state index contributed by atoms with van der Waals surface area (Å²) in [7, 11) is 0. The molecule has 0 aromatic heterocycles. The summed E-state index contributed by atoms with van der Waals surface area (Å²) in [6.45, 7) is 2.90. The lowest BCUT2D eigenvalue weighted by atomic mass is 10.1. The molecule has 0 spiro atoms. The Labute approximate surface area is 100 Å². The van der Waals surface area contributed by atoms with E-state index in [1.54, 1.807) is 30.0 Å². The van der Waals surface area contributed by atoms with Gasteiger partial charge in [0.05, 0.1) is 5.69 Å². The molecule has 1 aromatic carbocycles. The summed E-state index contributed by atoms with van der Waals surface area (Å²) in [5, 5.41) is 0. The number of carbonyl (C=O) groups excluding carboxylic acids is 1. The molecule has 0 bridgehead atoms. The van der Waals surface area contributed by atoms with E-state index >= 15 is 0 Å². The summed E-state index contributed by atoms with van der Waals surface area (Å²) in [6, 6.07) is 5.32. The number of benzene rings is 1. The first kappa shape index (κ1) is 11.7. The van der Waals surface area contributed by atoms with E-state index < -0.39 is 6.10 Å². The van der Waals surface area contributed by atoms with Crippen LogP contribution in [0.4, 0.5) is 11.4 Å². The number of nitrogen functional groups attached to an aromatic ring is 1. The fourth-order valence-electron chi connectivity index (χ4n) is 1.90. The number of hydrogen-bond donors (Lipinski definition) is 2. The molecular formula is C12H17N3O2. The molecule has 5 nitrogen and oxygen atoms in total. The van der Waals surface area contributed by atoms with Crippen molar-refractivity contribution in [1.82, 2.24) is 0 Å². The monoisotopic (exact) mass is 235 g/mol. The van der Waals surface area contributed by atoms with Gasteiger partial charge in [0.25, 0.3) is 5.91 Å². The van der Waals surface area contributed by atoms with Crippen LogP contribution in [0.25, 0.3) is 0 Å². The summed E-state index contributed by atoms with van der Waals surface area (Å²) in [6.07, 6.45) is 0.302. The van der Waals surface area contributed by atoms with Crippen LogP contribution in [0, 0.1) is 0 Å². The van der Waals surface area contributed by atoms with Gasteiger partial charge < -0.3 is 21.1 Å². The summed E-state index contributed by atoms with van der Waals surface area (Å²) < 4.78 is 5.53. The second-order valence-electron chi connectivity index (χ2n) is 4.12. The molecule has 0 saturated heterocycles. The molecule has 17 heavy (non-hydrogen) atoms. The zero-order valence-corrected chi connectivity index (χ0v) is 9.85. The van der Waals surface area contributed by atoms with E-state index in [0.29, 0.717) is 24.5 Å². The van der Waals surface area contributed by atoms with Crippen LogP contribution < -0.4 is 21.1 Å². The van der Waals surface area contributed by atoms with Crippen molar-refractivity contribution < 1.29 is 9.53 Å². The molecule has 1 aromatic rings. The lowest BCUT2D eigenvalue weighted by Gasteiger charge is -2.33. The number of ether oxygens (including phenoxy) is 1. The van der Waals surface area contributed by atoms with E-state index in [9.17, 15) is 4.79 Å². The van der Waals surface area contributed by atoms with Crippen LogP contribution in [0.2, 0.25) is 0 Å². The van der Waals surface area contributed by atoms with E-state index in [-0.39, 0.29) is 5.91 Å². The largest absolute Gasteiger partial charge is 0.479 e. The Balaban J connectivity index is 2.36. The first-order valence-corrected chi connectivity index (χ1v) is 5.71. The van der Waals surface area contributed by atoms with Crippen LogP contribution in [-0.2, 0) is 4.79 Å². The molecule has 2 rings (SSSR count). The standard InChI is InChI=1S/C12H17N3O2/c1-8-12(16)15(6-2-5-13)10-7-9(14)3-4-11(10)17-8/h3-4,7-8H,2,5-6,13-14H2,1H3. The van der Waals surface area contributed by atoms with Gasteiger partial charge in [-0.05, 0) is 38.1 Å². The Morgan fingerprint density at radius 2 is 2.24 bits per heavy atom. The third kappa shape index (κ3) is 2.19. The van der Waals surface area contributed by atoms with Crippen LogP contribution in [0.1, 0.15) is 13.3 Å². The van der Waals surface area contributed by atoms with E-state index in [4.69, 9.17) is 16.2 Å². The predicted molar refractivity (Wildman–Crippen MR) is 67.0 cm³/mol.